The molecule has 1 atom stereocenters. The topological polar surface area (TPSA) is 34.0 Å². The molecule has 0 saturated heterocycles. The summed E-state index contributed by atoms with van der Waals surface area (Å²) in [5.74, 6) is 0.463. The van der Waals surface area contributed by atoms with Crippen LogP contribution in [0.15, 0.2) is 54.7 Å². The highest BCUT2D eigenvalue weighted by molar-refractivity contribution is 6.30. The first kappa shape index (κ1) is 18.5. The number of halogens is 1. The summed E-state index contributed by atoms with van der Waals surface area (Å²) < 4.78 is 2.12. The molecule has 1 N–H and O–H groups in total. The van der Waals surface area contributed by atoms with Crippen LogP contribution in [0, 0.1) is 5.92 Å². The molecule has 1 aromatic heterocycles. The van der Waals surface area contributed by atoms with Crippen LogP contribution < -0.4 is 5.32 Å². The first-order valence-corrected chi connectivity index (χ1v) is 9.39. The van der Waals surface area contributed by atoms with Crippen LogP contribution in [0.2, 0.25) is 5.02 Å². The molecule has 0 bridgehead atoms. The molecule has 0 saturated carbocycles. The Labute approximate surface area is 160 Å². The number of hydrogen-bond acceptors (Lipinski definition) is 1. The van der Waals surface area contributed by atoms with E-state index in [-0.39, 0.29) is 11.8 Å². The van der Waals surface area contributed by atoms with Crippen molar-refractivity contribution in [3.8, 4) is 0 Å². The van der Waals surface area contributed by atoms with Gasteiger partial charge in [-0.05, 0) is 35.2 Å². The molecule has 1 unspecified atom stereocenters. The molecule has 26 heavy (non-hydrogen) atoms. The van der Waals surface area contributed by atoms with Crippen LogP contribution >= 0.6 is 11.6 Å². The van der Waals surface area contributed by atoms with Gasteiger partial charge in [0.1, 0.15) is 0 Å². The zero-order valence-corrected chi connectivity index (χ0v) is 16.3. The number of benzene rings is 2. The van der Waals surface area contributed by atoms with E-state index < -0.39 is 0 Å². The number of nitrogens with one attached hydrogen (secondary N) is 1. The van der Waals surface area contributed by atoms with Crippen LogP contribution in [0.25, 0.3) is 10.9 Å². The quantitative estimate of drug-likeness (QED) is 0.643. The highest BCUT2D eigenvalue weighted by Crippen LogP contribution is 2.35. The summed E-state index contributed by atoms with van der Waals surface area (Å²) in [5.41, 5.74) is 3.38. The van der Waals surface area contributed by atoms with E-state index in [0.717, 1.165) is 16.6 Å². The van der Waals surface area contributed by atoms with E-state index >= 15 is 0 Å². The lowest BCUT2D eigenvalue weighted by Crippen LogP contribution is -2.28. The molecule has 0 fully saturated rings. The highest BCUT2D eigenvalue weighted by Gasteiger charge is 2.22. The fraction of sp³-hybridized carbons (Fsp3) is 0.318. The van der Waals surface area contributed by atoms with Gasteiger partial charge in [-0.3, -0.25) is 4.79 Å². The Balaban J connectivity index is 2.01. The molecule has 1 amide bonds. The first-order chi connectivity index (χ1) is 12.5. The van der Waals surface area contributed by atoms with Gasteiger partial charge in [0.25, 0.3) is 0 Å². The number of fused-ring (bicyclic) bond motifs is 1. The Hall–Kier alpha value is -2.26. The summed E-state index contributed by atoms with van der Waals surface area (Å²) >= 11 is 6.23. The van der Waals surface area contributed by atoms with Crippen molar-refractivity contribution >= 4 is 28.4 Å². The van der Waals surface area contributed by atoms with Gasteiger partial charge in [0, 0.05) is 48.1 Å². The molecular weight excluding hydrogens is 344 g/mol. The summed E-state index contributed by atoms with van der Waals surface area (Å²) in [6.07, 6.45) is 2.53. The largest absolute Gasteiger partial charge is 0.356 e. The van der Waals surface area contributed by atoms with Crippen molar-refractivity contribution in [2.75, 3.05) is 6.54 Å². The number of para-hydroxylation sites is 1. The summed E-state index contributed by atoms with van der Waals surface area (Å²) in [4.78, 5) is 12.6. The number of amides is 1. The summed E-state index contributed by atoms with van der Waals surface area (Å²) in [5, 5.41) is 4.91. The van der Waals surface area contributed by atoms with E-state index in [1.165, 1.54) is 5.39 Å². The molecule has 4 heteroatoms. The Bertz CT molecular complexity index is 913. The Morgan fingerprint density at radius 1 is 1.15 bits per heavy atom. The minimum Gasteiger partial charge on any atom is -0.356 e. The molecule has 3 nitrogen and oxygen atoms in total. The lowest BCUT2D eigenvalue weighted by molar-refractivity contribution is -0.121. The third-order valence-electron chi connectivity index (χ3n) is 4.65. The molecule has 3 rings (SSSR count). The predicted octanol–water partition coefficient (Wildman–Crippen LogP) is 5.13. The van der Waals surface area contributed by atoms with E-state index in [4.69, 9.17) is 11.6 Å². The maximum absolute atomic E-state index is 12.6. The lowest BCUT2D eigenvalue weighted by atomic mass is 9.88. The summed E-state index contributed by atoms with van der Waals surface area (Å²) in [7, 11) is 2.04. The van der Waals surface area contributed by atoms with Crippen LogP contribution in [0.1, 0.15) is 37.3 Å². The van der Waals surface area contributed by atoms with E-state index in [1.54, 1.807) is 0 Å². The van der Waals surface area contributed by atoms with Gasteiger partial charge < -0.3 is 9.88 Å². The molecule has 136 valence electrons. The number of nitrogens with zero attached hydrogens (tertiary/aromatic N) is 1. The van der Waals surface area contributed by atoms with E-state index in [0.29, 0.717) is 23.9 Å². The number of hydrogen-bond donors (Lipinski definition) is 1. The maximum Gasteiger partial charge on any atom is 0.220 e. The predicted molar refractivity (Wildman–Crippen MR) is 109 cm³/mol. The fourth-order valence-corrected chi connectivity index (χ4v) is 3.56. The van der Waals surface area contributed by atoms with Crippen molar-refractivity contribution in [1.82, 2.24) is 9.88 Å². The number of aromatic nitrogens is 1. The number of rotatable bonds is 6. The van der Waals surface area contributed by atoms with Crippen LogP contribution in [0.4, 0.5) is 0 Å². The molecule has 0 aliphatic heterocycles. The maximum atomic E-state index is 12.6. The van der Waals surface area contributed by atoms with Gasteiger partial charge >= 0.3 is 0 Å². The van der Waals surface area contributed by atoms with E-state index in [2.05, 4.69) is 42.1 Å². The van der Waals surface area contributed by atoms with Gasteiger partial charge in [0.05, 0.1) is 0 Å². The van der Waals surface area contributed by atoms with Crippen LogP contribution in [-0.4, -0.2) is 17.0 Å². The standard InChI is InChI=1S/C22H25ClN2O/c1-15(2)13-24-22(26)12-19(16-7-6-8-17(23)11-16)20-14-25(3)21-10-5-4-9-18(20)21/h4-11,14-15,19H,12-13H2,1-3H3,(H,24,26). The molecule has 0 aliphatic rings. The molecule has 1 heterocycles. The molecule has 3 aromatic rings. The van der Waals surface area contributed by atoms with Gasteiger partial charge in [0.2, 0.25) is 5.91 Å². The van der Waals surface area contributed by atoms with Gasteiger partial charge in [-0.25, -0.2) is 0 Å². The van der Waals surface area contributed by atoms with Crippen molar-refractivity contribution in [2.24, 2.45) is 13.0 Å². The molecular formula is C22H25ClN2O. The van der Waals surface area contributed by atoms with Gasteiger partial charge in [-0.2, -0.15) is 0 Å². The highest BCUT2D eigenvalue weighted by atomic mass is 35.5. The fourth-order valence-electron chi connectivity index (χ4n) is 3.36. The minimum absolute atomic E-state index is 0.0352. The Morgan fingerprint density at radius 3 is 2.65 bits per heavy atom. The van der Waals surface area contributed by atoms with Crippen molar-refractivity contribution in [1.29, 1.82) is 0 Å². The normalized spacial score (nSPS) is 12.5. The first-order valence-electron chi connectivity index (χ1n) is 9.02. The average Bonchev–Trinajstić information content (AvgIpc) is 2.95. The zero-order chi connectivity index (χ0) is 18.7. The summed E-state index contributed by atoms with van der Waals surface area (Å²) in [6, 6.07) is 16.1. The molecule has 2 aromatic carbocycles. The zero-order valence-electron chi connectivity index (χ0n) is 15.5. The Kier molecular flexibility index (Phi) is 5.67. The SMILES string of the molecule is CC(C)CNC(=O)CC(c1cccc(Cl)c1)c1cn(C)c2ccccc12. The molecule has 0 spiro atoms. The van der Waals surface area contributed by atoms with Crippen molar-refractivity contribution in [2.45, 2.75) is 26.2 Å². The van der Waals surface area contributed by atoms with Crippen molar-refractivity contribution < 1.29 is 4.79 Å². The van der Waals surface area contributed by atoms with Crippen molar-refractivity contribution in [3.63, 3.8) is 0 Å². The number of aryl methyl sites for hydroxylation is 1. The number of carbonyl (C=O) groups excluding carboxylic acids is 1. The van der Waals surface area contributed by atoms with E-state index in [1.807, 2.05) is 43.4 Å². The second kappa shape index (κ2) is 7.96. The Morgan fingerprint density at radius 2 is 1.92 bits per heavy atom. The third kappa shape index (κ3) is 4.10. The number of carbonyl (C=O) groups is 1. The third-order valence-corrected chi connectivity index (χ3v) is 4.89. The smallest absolute Gasteiger partial charge is 0.220 e. The van der Waals surface area contributed by atoms with Crippen molar-refractivity contribution in [3.05, 3.63) is 70.9 Å². The van der Waals surface area contributed by atoms with Gasteiger partial charge in [-0.1, -0.05) is 55.8 Å². The van der Waals surface area contributed by atoms with Crippen LogP contribution in [0.5, 0.6) is 0 Å². The second-order valence-corrected chi connectivity index (χ2v) is 7.66. The van der Waals surface area contributed by atoms with Crippen LogP contribution in [0.3, 0.4) is 0 Å². The molecule has 0 aliphatic carbocycles. The second-order valence-electron chi connectivity index (χ2n) is 7.22. The van der Waals surface area contributed by atoms with Gasteiger partial charge in [-0.15, -0.1) is 0 Å². The molecule has 0 radical (unpaired) electrons. The monoisotopic (exact) mass is 368 g/mol. The summed E-state index contributed by atoms with van der Waals surface area (Å²) in [6.45, 7) is 4.88. The van der Waals surface area contributed by atoms with E-state index in [9.17, 15) is 4.79 Å². The average molecular weight is 369 g/mol. The minimum atomic E-state index is -0.0352. The van der Waals surface area contributed by atoms with Gasteiger partial charge in [0.15, 0.2) is 0 Å². The lowest BCUT2D eigenvalue weighted by Gasteiger charge is -2.18. The van der Waals surface area contributed by atoms with Crippen LogP contribution in [-0.2, 0) is 11.8 Å².